The van der Waals surface area contributed by atoms with Gasteiger partial charge in [0.15, 0.2) is 19.5 Å². The van der Waals surface area contributed by atoms with Gasteiger partial charge in [-0.2, -0.15) is 4.98 Å². The second-order valence-electron chi connectivity index (χ2n) is 9.63. The van der Waals surface area contributed by atoms with E-state index in [1.807, 2.05) is 0 Å². The molecule has 4 N–H and O–H groups in total. The molecule has 13 heteroatoms. The van der Waals surface area contributed by atoms with Gasteiger partial charge in [0.25, 0.3) is 5.56 Å². The lowest BCUT2D eigenvalue weighted by Gasteiger charge is -2.39. The first kappa shape index (κ1) is 24.9. The van der Waals surface area contributed by atoms with Crippen molar-refractivity contribution in [2.75, 3.05) is 12.3 Å². The van der Waals surface area contributed by atoms with Gasteiger partial charge in [-0.15, -0.1) is 0 Å². The Morgan fingerprint density at radius 1 is 1.36 bits per heavy atom. The maximum Gasteiger partial charge on any atom is 0.306 e. The molecule has 0 radical (unpaired) electrons. The highest BCUT2D eigenvalue weighted by Gasteiger charge is 2.45. The molecule has 3 atom stereocenters. The van der Waals surface area contributed by atoms with E-state index >= 15 is 0 Å². The lowest BCUT2D eigenvalue weighted by Crippen LogP contribution is -2.46. The maximum absolute atomic E-state index is 12.1. The number of nitrogens with one attached hydrogen (secondary N) is 1. The van der Waals surface area contributed by atoms with Gasteiger partial charge in [0.1, 0.15) is 18.9 Å². The van der Waals surface area contributed by atoms with Crippen molar-refractivity contribution in [1.82, 2.24) is 19.5 Å². The molecular weight excluding hydrogens is 450 g/mol. The number of carboxylic acid groups (broad SMARTS) is 1. The van der Waals surface area contributed by atoms with E-state index in [4.69, 9.17) is 24.7 Å². The van der Waals surface area contributed by atoms with Gasteiger partial charge in [0, 0.05) is 6.42 Å². The lowest BCUT2D eigenvalue weighted by molar-refractivity contribution is -0.152. The zero-order chi connectivity index (χ0) is 24.6. The monoisotopic (exact) mass is 481 g/mol. The van der Waals surface area contributed by atoms with Crippen LogP contribution in [0.4, 0.5) is 5.95 Å². The first-order chi connectivity index (χ1) is 15.3. The van der Waals surface area contributed by atoms with Crippen LogP contribution in [-0.2, 0) is 23.5 Å². The van der Waals surface area contributed by atoms with Gasteiger partial charge < -0.3 is 24.7 Å². The fourth-order valence-corrected chi connectivity index (χ4v) is 4.67. The molecular formula is C20H31N5O7Si. The number of carboxylic acids is 1. The number of fused-ring (bicyclic) bond motifs is 1. The Bertz CT molecular complexity index is 1090. The van der Waals surface area contributed by atoms with Gasteiger partial charge in [0.2, 0.25) is 5.95 Å². The van der Waals surface area contributed by atoms with Gasteiger partial charge in [-0.3, -0.25) is 23.9 Å². The molecule has 1 aliphatic rings. The SMILES string of the molecule is CC(C)(C)[Si](C)(C)O[C@H]1C[C@H](n2cnc3c(=O)[nH]c(N)nc32)O[C@@H]1COC(=O)CCC(=O)O. The number of nitrogens with zero attached hydrogens (tertiary/aromatic N) is 3. The number of esters is 1. The summed E-state index contributed by atoms with van der Waals surface area (Å²) in [7, 11) is -2.20. The molecule has 3 rings (SSSR count). The Kier molecular flexibility index (Phi) is 6.95. The van der Waals surface area contributed by atoms with E-state index in [-0.39, 0.29) is 47.7 Å². The van der Waals surface area contributed by atoms with Gasteiger partial charge in [-0.05, 0) is 18.1 Å². The minimum Gasteiger partial charge on any atom is -0.481 e. The molecule has 3 heterocycles. The van der Waals surface area contributed by atoms with E-state index in [0.29, 0.717) is 6.42 Å². The summed E-state index contributed by atoms with van der Waals surface area (Å²) in [5.41, 5.74) is 5.67. The molecule has 2 aromatic heterocycles. The van der Waals surface area contributed by atoms with E-state index in [9.17, 15) is 14.4 Å². The predicted octanol–water partition coefficient (Wildman–Crippen LogP) is 1.79. The number of ether oxygens (including phenoxy) is 2. The van der Waals surface area contributed by atoms with Crippen LogP contribution >= 0.6 is 0 Å². The zero-order valence-corrected chi connectivity index (χ0v) is 20.5. The van der Waals surface area contributed by atoms with Crippen LogP contribution in [0.15, 0.2) is 11.1 Å². The van der Waals surface area contributed by atoms with Crippen LogP contribution in [0.25, 0.3) is 11.2 Å². The summed E-state index contributed by atoms with van der Waals surface area (Å²) in [5.74, 6) is -1.73. The van der Waals surface area contributed by atoms with Crippen molar-refractivity contribution < 1.29 is 28.6 Å². The quantitative estimate of drug-likeness (QED) is 0.373. The van der Waals surface area contributed by atoms with Crippen molar-refractivity contribution in [1.29, 1.82) is 0 Å². The molecule has 182 valence electrons. The zero-order valence-electron chi connectivity index (χ0n) is 19.5. The average molecular weight is 482 g/mol. The number of carbonyl (C=O) groups excluding carboxylic acids is 1. The van der Waals surface area contributed by atoms with Crippen LogP contribution < -0.4 is 11.3 Å². The molecule has 1 fully saturated rings. The number of aromatic nitrogens is 4. The third-order valence-electron chi connectivity index (χ3n) is 6.15. The Hall–Kier alpha value is -2.77. The summed E-state index contributed by atoms with van der Waals surface area (Å²) >= 11 is 0. The molecule has 0 spiro atoms. The third-order valence-corrected chi connectivity index (χ3v) is 10.6. The van der Waals surface area contributed by atoms with Gasteiger partial charge in [-0.1, -0.05) is 20.8 Å². The summed E-state index contributed by atoms with van der Waals surface area (Å²) in [5, 5.41) is 8.70. The number of carbonyl (C=O) groups is 2. The van der Waals surface area contributed by atoms with E-state index in [1.54, 1.807) is 4.57 Å². The van der Waals surface area contributed by atoms with E-state index in [0.717, 1.165) is 0 Å². The van der Waals surface area contributed by atoms with Crippen molar-refractivity contribution in [3.05, 3.63) is 16.7 Å². The number of rotatable bonds is 8. The normalized spacial score (nSPS) is 21.4. The minimum atomic E-state index is -2.20. The first-order valence-corrected chi connectivity index (χ1v) is 13.6. The van der Waals surface area contributed by atoms with Crippen molar-refractivity contribution in [2.24, 2.45) is 0 Å². The second kappa shape index (κ2) is 9.23. The fraction of sp³-hybridized carbons (Fsp3) is 0.650. The van der Waals surface area contributed by atoms with Crippen LogP contribution in [0.1, 0.15) is 46.3 Å². The number of hydrogen-bond acceptors (Lipinski definition) is 9. The second-order valence-corrected chi connectivity index (χ2v) is 14.4. The number of imidazole rings is 1. The standard InChI is InChI=1S/C20H31N5O7Si/c1-20(2,3)33(4,5)32-11-8-13(31-12(11)9-30-15(28)7-6-14(26)27)25-10-22-16-17(25)23-19(21)24-18(16)29/h10-13H,6-9H2,1-5H3,(H,26,27)(H3,21,23,24,29)/t11-,12+,13+/m0/s1. The molecule has 0 bridgehead atoms. The van der Waals surface area contributed by atoms with Crippen molar-refractivity contribution in [2.45, 2.75) is 76.6 Å². The molecule has 1 aliphatic heterocycles. The third kappa shape index (κ3) is 5.60. The van der Waals surface area contributed by atoms with Crippen LogP contribution in [-0.4, -0.2) is 63.7 Å². The van der Waals surface area contributed by atoms with Crippen molar-refractivity contribution in [3.8, 4) is 0 Å². The highest BCUT2D eigenvalue weighted by atomic mass is 28.4. The smallest absolute Gasteiger partial charge is 0.306 e. The Labute approximate surface area is 191 Å². The van der Waals surface area contributed by atoms with Crippen LogP contribution in [0, 0.1) is 0 Å². The average Bonchev–Trinajstić information content (AvgIpc) is 3.27. The molecule has 2 aromatic rings. The minimum absolute atomic E-state index is 0.0368. The first-order valence-electron chi connectivity index (χ1n) is 10.7. The molecule has 0 saturated carbocycles. The lowest BCUT2D eigenvalue weighted by atomic mass is 10.2. The topological polar surface area (TPSA) is 172 Å². The predicted molar refractivity (Wildman–Crippen MR) is 121 cm³/mol. The highest BCUT2D eigenvalue weighted by Crippen LogP contribution is 2.41. The fourth-order valence-electron chi connectivity index (χ4n) is 3.31. The number of hydrogen-bond donors (Lipinski definition) is 3. The number of aliphatic carboxylic acids is 1. The van der Waals surface area contributed by atoms with Gasteiger partial charge in [0.05, 0.1) is 25.3 Å². The molecule has 0 aliphatic carbocycles. The van der Waals surface area contributed by atoms with Crippen molar-refractivity contribution >= 4 is 37.4 Å². The molecule has 0 unspecified atom stereocenters. The molecule has 33 heavy (non-hydrogen) atoms. The van der Waals surface area contributed by atoms with Crippen molar-refractivity contribution in [3.63, 3.8) is 0 Å². The van der Waals surface area contributed by atoms with Crippen LogP contribution in [0.5, 0.6) is 0 Å². The summed E-state index contributed by atoms with van der Waals surface area (Å²) in [6.45, 7) is 10.5. The molecule has 0 aromatic carbocycles. The largest absolute Gasteiger partial charge is 0.481 e. The summed E-state index contributed by atoms with van der Waals surface area (Å²) in [6, 6.07) is 0. The van der Waals surface area contributed by atoms with Gasteiger partial charge >= 0.3 is 11.9 Å². The maximum atomic E-state index is 12.1. The number of aromatic amines is 1. The van der Waals surface area contributed by atoms with E-state index in [2.05, 4.69) is 48.8 Å². The summed E-state index contributed by atoms with van der Waals surface area (Å²) in [6.07, 6.45) is -0.196. The van der Waals surface area contributed by atoms with Crippen LogP contribution in [0.2, 0.25) is 18.1 Å². The highest BCUT2D eigenvalue weighted by molar-refractivity contribution is 6.74. The van der Waals surface area contributed by atoms with Gasteiger partial charge in [-0.25, -0.2) is 4.98 Å². The Balaban J connectivity index is 1.83. The molecule has 0 amide bonds. The number of nitrogen functional groups attached to an aromatic ring is 1. The Morgan fingerprint density at radius 2 is 2.06 bits per heavy atom. The molecule has 12 nitrogen and oxygen atoms in total. The Morgan fingerprint density at radius 3 is 2.70 bits per heavy atom. The van der Waals surface area contributed by atoms with E-state index in [1.165, 1.54) is 6.33 Å². The number of H-pyrrole nitrogens is 1. The number of nitrogens with two attached hydrogens (primary N) is 1. The van der Waals surface area contributed by atoms with Crippen LogP contribution in [0.3, 0.4) is 0 Å². The molecule has 1 saturated heterocycles. The summed E-state index contributed by atoms with van der Waals surface area (Å²) < 4.78 is 19.7. The number of anilines is 1. The van der Waals surface area contributed by atoms with E-state index < -0.39 is 38.1 Å². The summed E-state index contributed by atoms with van der Waals surface area (Å²) in [4.78, 5) is 45.5.